The van der Waals surface area contributed by atoms with E-state index in [1.165, 1.54) is 7.11 Å². The van der Waals surface area contributed by atoms with Gasteiger partial charge < -0.3 is 14.2 Å². The van der Waals surface area contributed by atoms with Gasteiger partial charge in [-0.05, 0) is 34.4 Å². The molecule has 0 bridgehead atoms. The van der Waals surface area contributed by atoms with Gasteiger partial charge in [-0.1, -0.05) is 18.2 Å². The van der Waals surface area contributed by atoms with Crippen molar-refractivity contribution < 1.29 is 19.0 Å². The van der Waals surface area contributed by atoms with Crippen LogP contribution in [0.1, 0.15) is 10.4 Å². The molecule has 0 saturated carbocycles. The lowest BCUT2D eigenvalue weighted by Crippen LogP contribution is -2.00. The first-order chi connectivity index (χ1) is 10.7. The van der Waals surface area contributed by atoms with Gasteiger partial charge in [0, 0.05) is 11.5 Å². The summed E-state index contributed by atoms with van der Waals surface area (Å²) in [7, 11) is 4.64. The second kappa shape index (κ2) is 5.56. The van der Waals surface area contributed by atoms with E-state index in [0.717, 1.165) is 33.0 Å². The quantitative estimate of drug-likeness (QED) is 0.545. The lowest BCUT2D eigenvalue weighted by molar-refractivity contribution is 0.0601. The number of rotatable bonds is 3. The van der Waals surface area contributed by atoms with Crippen molar-refractivity contribution in [3.63, 3.8) is 0 Å². The van der Waals surface area contributed by atoms with Crippen molar-refractivity contribution in [2.75, 3.05) is 21.3 Å². The largest absolute Gasteiger partial charge is 0.497 e. The normalized spacial score (nSPS) is 10.7. The molecule has 0 amide bonds. The highest BCUT2D eigenvalue weighted by Crippen LogP contribution is 2.35. The molecular formula is C18H16O4. The van der Waals surface area contributed by atoms with Crippen LogP contribution in [0, 0.1) is 0 Å². The van der Waals surface area contributed by atoms with Gasteiger partial charge in [0.1, 0.15) is 11.5 Å². The van der Waals surface area contributed by atoms with Gasteiger partial charge in [-0.15, -0.1) is 0 Å². The number of hydrogen-bond acceptors (Lipinski definition) is 4. The molecule has 4 heteroatoms. The maximum absolute atomic E-state index is 11.7. The van der Waals surface area contributed by atoms with Crippen LogP contribution in [0.3, 0.4) is 0 Å². The van der Waals surface area contributed by atoms with E-state index < -0.39 is 0 Å². The first-order valence-electron chi connectivity index (χ1n) is 6.84. The number of hydrogen-bond donors (Lipinski definition) is 0. The Hall–Kier alpha value is -2.75. The fraction of sp³-hybridized carbons (Fsp3) is 0.167. The second-order valence-electron chi connectivity index (χ2n) is 4.92. The average Bonchev–Trinajstić information content (AvgIpc) is 2.59. The minimum Gasteiger partial charge on any atom is -0.497 e. The van der Waals surface area contributed by atoms with Crippen molar-refractivity contribution in [1.82, 2.24) is 0 Å². The standard InChI is InChI=1S/C18H16O4/c1-20-13-9-16-14-6-5-12(18(19)22-3)8-11(14)4-7-15(16)17(10-13)21-2/h4-10H,1-3H3. The molecular weight excluding hydrogens is 280 g/mol. The SMILES string of the molecule is COC(=O)c1ccc2c(ccc3c(OC)cc(OC)cc32)c1. The summed E-state index contributed by atoms with van der Waals surface area (Å²) in [6, 6.07) is 13.3. The van der Waals surface area contributed by atoms with Crippen molar-refractivity contribution >= 4 is 27.5 Å². The Morgan fingerprint density at radius 3 is 2.27 bits per heavy atom. The van der Waals surface area contributed by atoms with E-state index in [4.69, 9.17) is 14.2 Å². The summed E-state index contributed by atoms with van der Waals surface area (Å²) in [6.45, 7) is 0. The van der Waals surface area contributed by atoms with Gasteiger partial charge in [-0.3, -0.25) is 0 Å². The highest BCUT2D eigenvalue weighted by molar-refractivity contribution is 6.11. The lowest BCUT2D eigenvalue weighted by atomic mass is 9.99. The Bertz CT molecular complexity index is 868. The molecule has 0 aliphatic rings. The molecule has 3 aromatic carbocycles. The van der Waals surface area contributed by atoms with E-state index in [0.29, 0.717) is 5.56 Å². The number of methoxy groups -OCH3 is 3. The maximum Gasteiger partial charge on any atom is 0.337 e. The number of benzene rings is 3. The summed E-state index contributed by atoms with van der Waals surface area (Å²) < 4.78 is 15.5. The van der Waals surface area contributed by atoms with Crippen LogP contribution >= 0.6 is 0 Å². The fourth-order valence-corrected chi connectivity index (χ4v) is 2.65. The number of esters is 1. The highest BCUT2D eigenvalue weighted by atomic mass is 16.5. The summed E-state index contributed by atoms with van der Waals surface area (Å²) in [4.78, 5) is 11.7. The van der Waals surface area contributed by atoms with Crippen LogP contribution in [0.15, 0.2) is 42.5 Å². The van der Waals surface area contributed by atoms with Crippen LogP contribution < -0.4 is 9.47 Å². The number of carbonyl (C=O) groups excluding carboxylic acids is 1. The van der Waals surface area contributed by atoms with Crippen molar-refractivity contribution in [3.8, 4) is 11.5 Å². The molecule has 0 unspecified atom stereocenters. The average molecular weight is 296 g/mol. The molecule has 0 radical (unpaired) electrons. The molecule has 0 spiro atoms. The van der Waals surface area contributed by atoms with E-state index in [-0.39, 0.29) is 5.97 Å². The maximum atomic E-state index is 11.7. The molecule has 4 nitrogen and oxygen atoms in total. The Morgan fingerprint density at radius 2 is 1.59 bits per heavy atom. The summed E-state index contributed by atoms with van der Waals surface area (Å²) in [6.07, 6.45) is 0. The lowest BCUT2D eigenvalue weighted by Gasteiger charge is -2.11. The molecule has 0 fully saturated rings. The predicted octanol–water partition coefficient (Wildman–Crippen LogP) is 3.80. The monoisotopic (exact) mass is 296 g/mol. The zero-order valence-electron chi connectivity index (χ0n) is 12.7. The van der Waals surface area contributed by atoms with Crippen molar-refractivity contribution in [2.45, 2.75) is 0 Å². The fourth-order valence-electron chi connectivity index (χ4n) is 2.65. The summed E-state index contributed by atoms with van der Waals surface area (Å²) >= 11 is 0. The van der Waals surface area contributed by atoms with Crippen molar-refractivity contribution in [3.05, 3.63) is 48.0 Å². The van der Waals surface area contributed by atoms with Gasteiger partial charge in [0.05, 0.1) is 26.9 Å². The van der Waals surface area contributed by atoms with E-state index in [9.17, 15) is 4.79 Å². The summed E-state index contributed by atoms with van der Waals surface area (Å²) in [5.41, 5.74) is 0.532. The molecule has 0 atom stereocenters. The van der Waals surface area contributed by atoms with Crippen molar-refractivity contribution in [2.24, 2.45) is 0 Å². The zero-order valence-corrected chi connectivity index (χ0v) is 12.7. The third kappa shape index (κ3) is 2.22. The van der Waals surface area contributed by atoms with E-state index in [2.05, 4.69) is 0 Å². The van der Waals surface area contributed by atoms with Crippen LogP contribution in [0.5, 0.6) is 11.5 Å². The van der Waals surface area contributed by atoms with Crippen LogP contribution in [-0.4, -0.2) is 27.3 Å². The molecule has 3 aromatic rings. The van der Waals surface area contributed by atoms with Gasteiger partial charge in [-0.2, -0.15) is 0 Å². The van der Waals surface area contributed by atoms with Crippen molar-refractivity contribution in [1.29, 1.82) is 0 Å². The molecule has 0 N–H and O–H groups in total. The van der Waals surface area contributed by atoms with Gasteiger partial charge in [0.2, 0.25) is 0 Å². The second-order valence-corrected chi connectivity index (χ2v) is 4.92. The van der Waals surface area contributed by atoms with Gasteiger partial charge in [-0.25, -0.2) is 4.79 Å². The van der Waals surface area contributed by atoms with Gasteiger partial charge in [0.15, 0.2) is 0 Å². The first-order valence-corrected chi connectivity index (χ1v) is 6.84. The van der Waals surface area contributed by atoms with E-state index >= 15 is 0 Å². The van der Waals surface area contributed by atoms with Gasteiger partial charge in [0.25, 0.3) is 0 Å². The molecule has 0 aromatic heterocycles. The third-order valence-corrected chi connectivity index (χ3v) is 3.76. The van der Waals surface area contributed by atoms with Crippen LogP contribution in [0.2, 0.25) is 0 Å². The van der Waals surface area contributed by atoms with Crippen LogP contribution in [0.25, 0.3) is 21.5 Å². The summed E-state index contributed by atoms with van der Waals surface area (Å²) in [5.74, 6) is 1.15. The molecule has 0 saturated heterocycles. The molecule has 112 valence electrons. The third-order valence-electron chi connectivity index (χ3n) is 3.76. The minimum atomic E-state index is -0.342. The smallest absolute Gasteiger partial charge is 0.337 e. The number of carbonyl (C=O) groups is 1. The molecule has 0 aliphatic heterocycles. The Labute approximate surface area is 128 Å². The molecule has 22 heavy (non-hydrogen) atoms. The Kier molecular flexibility index (Phi) is 3.59. The zero-order chi connectivity index (χ0) is 15.7. The predicted molar refractivity (Wildman–Crippen MR) is 85.9 cm³/mol. The minimum absolute atomic E-state index is 0.342. The highest BCUT2D eigenvalue weighted by Gasteiger charge is 2.11. The van der Waals surface area contributed by atoms with Gasteiger partial charge >= 0.3 is 5.97 Å². The topological polar surface area (TPSA) is 44.8 Å². The number of fused-ring (bicyclic) bond motifs is 3. The molecule has 0 heterocycles. The summed E-state index contributed by atoms with van der Waals surface area (Å²) in [5, 5.41) is 4.01. The first kappa shape index (κ1) is 14.2. The Morgan fingerprint density at radius 1 is 0.818 bits per heavy atom. The molecule has 3 rings (SSSR count). The van der Waals surface area contributed by atoms with E-state index in [1.807, 2.05) is 36.4 Å². The van der Waals surface area contributed by atoms with Crippen LogP contribution in [0.4, 0.5) is 0 Å². The van der Waals surface area contributed by atoms with E-state index in [1.54, 1.807) is 20.3 Å². The molecule has 0 aliphatic carbocycles. The van der Waals surface area contributed by atoms with Crippen LogP contribution in [-0.2, 0) is 4.74 Å². The Balaban J connectivity index is 2.32. The number of ether oxygens (including phenoxy) is 3.